The molecule has 0 radical (unpaired) electrons. The summed E-state index contributed by atoms with van der Waals surface area (Å²) in [6, 6.07) is 10.2. The molecule has 0 aliphatic heterocycles. The van der Waals surface area contributed by atoms with E-state index in [4.69, 9.17) is 21.1 Å². The highest BCUT2D eigenvalue weighted by molar-refractivity contribution is 7.89. The predicted octanol–water partition coefficient (Wildman–Crippen LogP) is 3.32. The van der Waals surface area contributed by atoms with Gasteiger partial charge < -0.3 is 9.47 Å². The summed E-state index contributed by atoms with van der Waals surface area (Å²) in [4.78, 5) is 0.125. The first kappa shape index (κ1) is 18.6. The van der Waals surface area contributed by atoms with Gasteiger partial charge in [0.15, 0.2) is 0 Å². The summed E-state index contributed by atoms with van der Waals surface area (Å²) in [7, 11) is -2.23. The number of sulfonamides is 1. The van der Waals surface area contributed by atoms with Crippen LogP contribution in [0.5, 0.6) is 11.5 Å². The van der Waals surface area contributed by atoms with Crippen molar-refractivity contribution in [1.82, 2.24) is 4.72 Å². The van der Waals surface area contributed by atoms with Crippen LogP contribution >= 0.6 is 11.6 Å². The number of nitrogens with one attached hydrogen (secondary N) is 1. The van der Waals surface area contributed by atoms with Crippen LogP contribution in [0.1, 0.15) is 11.1 Å². The van der Waals surface area contributed by atoms with E-state index in [1.807, 2.05) is 13.8 Å². The van der Waals surface area contributed by atoms with Crippen LogP contribution in [-0.4, -0.2) is 28.7 Å². The molecule has 0 amide bonds. The highest BCUT2D eigenvalue weighted by Crippen LogP contribution is 2.27. The number of rotatable bonds is 7. The Labute approximate surface area is 147 Å². The lowest BCUT2D eigenvalue weighted by Gasteiger charge is -2.13. The zero-order chi connectivity index (χ0) is 17.7. The first-order valence-corrected chi connectivity index (χ1v) is 9.23. The summed E-state index contributed by atoms with van der Waals surface area (Å²) in [5, 5.41) is 0.616. The number of ether oxygens (including phenoxy) is 2. The van der Waals surface area contributed by atoms with Gasteiger partial charge in [0, 0.05) is 11.6 Å². The Morgan fingerprint density at radius 1 is 1.08 bits per heavy atom. The van der Waals surface area contributed by atoms with Gasteiger partial charge in [0.2, 0.25) is 10.0 Å². The Bertz CT molecular complexity index is 804. The molecule has 0 aliphatic rings. The van der Waals surface area contributed by atoms with Crippen molar-refractivity contribution in [3.05, 3.63) is 52.5 Å². The van der Waals surface area contributed by atoms with Crippen LogP contribution in [0.25, 0.3) is 0 Å². The fourth-order valence-corrected chi connectivity index (χ4v) is 3.46. The summed E-state index contributed by atoms with van der Waals surface area (Å²) < 4.78 is 38.1. The van der Waals surface area contributed by atoms with E-state index >= 15 is 0 Å². The maximum Gasteiger partial charge on any atom is 0.244 e. The molecule has 0 aromatic heterocycles. The molecule has 0 saturated heterocycles. The van der Waals surface area contributed by atoms with Crippen LogP contribution in [0, 0.1) is 13.8 Å². The summed E-state index contributed by atoms with van der Waals surface area (Å²) >= 11 is 5.79. The SMILES string of the molecule is COc1cc(C)c(C)cc1S(=O)(=O)NCCOc1ccc(Cl)cc1. The third-order valence-corrected chi connectivity index (χ3v) is 5.28. The monoisotopic (exact) mass is 369 g/mol. The van der Waals surface area contributed by atoms with Gasteiger partial charge in [0.25, 0.3) is 0 Å². The quantitative estimate of drug-likeness (QED) is 0.760. The van der Waals surface area contributed by atoms with E-state index in [1.165, 1.54) is 7.11 Å². The molecule has 5 nitrogen and oxygen atoms in total. The molecule has 7 heteroatoms. The number of methoxy groups -OCH3 is 1. The predicted molar refractivity (Wildman–Crippen MR) is 94.6 cm³/mol. The lowest BCUT2D eigenvalue weighted by molar-refractivity contribution is 0.322. The largest absolute Gasteiger partial charge is 0.495 e. The number of hydrogen-bond acceptors (Lipinski definition) is 4. The zero-order valence-electron chi connectivity index (χ0n) is 13.8. The van der Waals surface area contributed by atoms with Crippen LogP contribution in [0.4, 0.5) is 0 Å². The second-order valence-corrected chi connectivity index (χ2v) is 7.46. The maximum absolute atomic E-state index is 12.5. The fraction of sp³-hybridized carbons (Fsp3) is 0.294. The molecule has 0 fully saturated rings. The van der Waals surface area contributed by atoms with Crippen molar-refractivity contribution in [2.45, 2.75) is 18.7 Å². The van der Waals surface area contributed by atoms with E-state index in [-0.39, 0.29) is 18.0 Å². The molecule has 2 rings (SSSR count). The maximum atomic E-state index is 12.5. The van der Waals surface area contributed by atoms with Gasteiger partial charge in [0.1, 0.15) is 23.0 Å². The van der Waals surface area contributed by atoms with Gasteiger partial charge in [0.05, 0.1) is 7.11 Å². The van der Waals surface area contributed by atoms with Crippen LogP contribution in [0.2, 0.25) is 5.02 Å². The normalized spacial score (nSPS) is 11.3. The minimum absolute atomic E-state index is 0.125. The van der Waals surface area contributed by atoms with E-state index in [0.29, 0.717) is 16.5 Å². The second kappa shape index (κ2) is 7.88. The summed E-state index contributed by atoms with van der Waals surface area (Å²) in [6.07, 6.45) is 0. The Hall–Kier alpha value is -1.76. The molecule has 24 heavy (non-hydrogen) atoms. The van der Waals surface area contributed by atoms with Gasteiger partial charge in [-0.1, -0.05) is 11.6 Å². The lowest BCUT2D eigenvalue weighted by Crippen LogP contribution is -2.28. The smallest absolute Gasteiger partial charge is 0.244 e. The van der Waals surface area contributed by atoms with Gasteiger partial charge in [-0.15, -0.1) is 0 Å². The Morgan fingerprint density at radius 2 is 1.71 bits per heavy atom. The van der Waals surface area contributed by atoms with Gasteiger partial charge in [-0.25, -0.2) is 13.1 Å². The molecular formula is C17H20ClNO4S. The molecule has 2 aromatic rings. The molecule has 0 bridgehead atoms. The van der Waals surface area contributed by atoms with Crippen molar-refractivity contribution in [2.75, 3.05) is 20.3 Å². The summed E-state index contributed by atoms with van der Waals surface area (Å²) in [6.45, 7) is 4.11. The molecule has 0 saturated carbocycles. The Balaban J connectivity index is 2.01. The average Bonchev–Trinajstić information content (AvgIpc) is 2.55. The van der Waals surface area contributed by atoms with Crippen LogP contribution in [-0.2, 0) is 10.0 Å². The number of aryl methyl sites for hydroxylation is 2. The minimum Gasteiger partial charge on any atom is -0.495 e. The van der Waals surface area contributed by atoms with E-state index in [1.54, 1.807) is 36.4 Å². The summed E-state index contributed by atoms with van der Waals surface area (Å²) in [5.41, 5.74) is 1.85. The fourth-order valence-electron chi connectivity index (χ4n) is 2.09. The van der Waals surface area contributed by atoms with Crippen molar-refractivity contribution in [2.24, 2.45) is 0 Å². The molecule has 0 heterocycles. The average molecular weight is 370 g/mol. The van der Waals surface area contributed by atoms with Gasteiger partial charge in [-0.3, -0.25) is 0 Å². The van der Waals surface area contributed by atoms with Crippen molar-refractivity contribution in [3.63, 3.8) is 0 Å². The second-order valence-electron chi connectivity index (χ2n) is 5.29. The van der Waals surface area contributed by atoms with Crippen LogP contribution in [0.15, 0.2) is 41.3 Å². The lowest BCUT2D eigenvalue weighted by atomic mass is 10.1. The molecule has 0 aliphatic carbocycles. The molecule has 0 spiro atoms. The molecule has 0 atom stereocenters. The van der Waals surface area contributed by atoms with Crippen molar-refractivity contribution >= 4 is 21.6 Å². The molecular weight excluding hydrogens is 350 g/mol. The Morgan fingerprint density at radius 3 is 2.33 bits per heavy atom. The number of benzene rings is 2. The van der Waals surface area contributed by atoms with Crippen molar-refractivity contribution in [1.29, 1.82) is 0 Å². The standard InChI is InChI=1S/C17H20ClNO4S/c1-12-10-16(22-3)17(11-13(12)2)24(20,21)19-8-9-23-15-6-4-14(18)5-7-15/h4-7,10-11,19H,8-9H2,1-3H3. The van der Waals surface area contributed by atoms with E-state index in [9.17, 15) is 8.42 Å². The van der Waals surface area contributed by atoms with Gasteiger partial charge in [-0.05, 0) is 61.4 Å². The van der Waals surface area contributed by atoms with E-state index < -0.39 is 10.0 Å². The molecule has 0 unspecified atom stereocenters. The first-order valence-electron chi connectivity index (χ1n) is 7.37. The van der Waals surface area contributed by atoms with Crippen LogP contribution in [0.3, 0.4) is 0 Å². The van der Waals surface area contributed by atoms with Crippen molar-refractivity contribution in [3.8, 4) is 11.5 Å². The summed E-state index contributed by atoms with van der Waals surface area (Å²) in [5.74, 6) is 0.951. The molecule has 1 N–H and O–H groups in total. The van der Waals surface area contributed by atoms with E-state index in [0.717, 1.165) is 11.1 Å². The molecule has 2 aromatic carbocycles. The molecule has 130 valence electrons. The Kier molecular flexibility index (Phi) is 6.10. The third kappa shape index (κ3) is 4.63. The number of halogens is 1. The van der Waals surface area contributed by atoms with Gasteiger partial charge >= 0.3 is 0 Å². The van der Waals surface area contributed by atoms with Crippen molar-refractivity contribution < 1.29 is 17.9 Å². The highest BCUT2D eigenvalue weighted by Gasteiger charge is 2.20. The highest BCUT2D eigenvalue weighted by atomic mass is 35.5. The topological polar surface area (TPSA) is 64.6 Å². The van der Waals surface area contributed by atoms with E-state index in [2.05, 4.69) is 4.72 Å². The third-order valence-electron chi connectivity index (χ3n) is 3.55. The minimum atomic E-state index is -3.68. The van der Waals surface area contributed by atoms with Gasteiger partial charge in [-0.2, -0.15) is 0 Å². The number of hydrogen-bond donors (Lipinski definition) is 1. The van der Waals surface area contributed by atoms with Crippen LogP contribution < -0.4 is 14.2 Å². The first-order chi connectivity index (χ1) is 11.3. The zero-order valence-corrected chi connectivity index (χ0v) is 15.4.